The van der Waals surface area contributed by atoms with Crippen molar-refractivity contribution in [3.63, 3.8) is 0 Å². The van der Waals surface area contributed by atoms with Crippen LogP contribution in [0, 0.1) is 0 Å². The third-order valence-corrected chi connectivity index (χ3v) is 4.89. The molecule has 4 heterocycles. The van der Waals surface area contributed by atoms with Crippen LogP contribution in [0.2, 0.25) is 0 Å². The van der Waals surface area contributed by atoms with Crippen molar-refractivity contribution in [2.45, 2.75) is 25.3 Å². The lowest BCUT2D eigenvalue weighted by atomic mass is 10.1. The monoisotopic (exact) mass is 353 g/mol. The average molecular weight is 353 g/mol. The van der Waals surface area contributed by atoms with Crippen molar-refractivity contribution < 1.29 is 9.53 Å². The fourth-order valence-corrected chi connectivity index (χ4v) is 3.52. The maximum absolute atomic E-state index is 12.9. The summed E-state index contributed by atoms with van der Waals surface area (Å²) in [4.78, 5) is 30.4. The maximum atomic E-state index is 12.9. The van der Waals surface area contributed by atoms with E-state index < -0.39 is 0 Å². The van der Waals surface area contributed by atoms with Gasteiger partial charge in [-0.05, 0) is 31.0 Å². The van der Waals surface area contributed by atoms with Gasteiger partial charge in [-0.1, -0.05) is 6.07 Å². The van der Waals surface area contributed by atoms with Gasteiger partial charge in [0.15, 0.2) is 5.82 Å². The minimum Gasteiger partial charge on any atom is -0.377 e. The summed E-state index contributed by atoms with van der Waals surface area (Å²) in [7, 11) is 0. The number of pyridine rings is 1. The fourth-order valence-electron chi connectivity index (χ4n) is 3.52. The number of ether oxygens (including phenoxy) is 1. The summed E-state index contributed by atoms with van der Waals surface area (Å²) in [6.07, 6.45) is 6.17. The number of amides is 1. The minimum atomic E-state index is -0.248. The van der Waals surface area contributed by atoms with Gasteiger partial charge in [-0.2, -0.15) is 0 Å². The Balaban J connectivity index is 1.53. The number of aromatic nitrogens is 3. The van der Waals surface area contributed by atoms with E-state index in [2.05, 4.69) is 14.9 Å². The van der Waals surface area contributed by atoms with Crippen molar-refractivity contribution in [2.24, 2.45) is 0 Å². The van der Waals surface area contributed by atoms with E-state index in [1.165, 1.54) is 12.8 Å². The van der Waals surface area contributed by atoms with Crippen LogP contribution in [0.4, 0.5) is 5.82 Å². The Bertz CT molecular complexity index is 749. The fraction of sp³-hybridized carbons (Fsp3) is 0.474. The van der Waals surface area contributed by atoms with Crippen LogP contribution in [0.15, 0.2) is 36.7 Å². The molecule has 2 aliphatic heterocycles. The van der Waals surface area contributed by atoms with Crippen LogP contribution in [0.5, 0.6) is 0 Å². The molecule has 0 aromatic carbocycles. The third kappa shape index (κ3) is 3.67. The highest BCUT2D eigenvalue weighted by molar-refractivity contribution is 5.78. The van der Waals surface area contributed by atoms with Crippen molar-refractivity contribution in [2.75, 3.05) is 37.7 Å². The first kappa shape index (κ1) is 16.9. The van der Waals surface area contributed by atoms with E-state index >= 15 is 0 Å². The molecule has 2 aromatic heterocycles. The number of hydrogen-bond donors (Lipinski definition) is 0. The predicted octanol–water partition coefficient (Wildman–Crippen LogP) is 1.61. The second-order valence-corrected chi connectivity index (χ2v) is 6.64. The van der Waals surface area contributed by atoms with Crippen molar-refractivity contribution >= 4 is 11.7 Å². The molecule has 1 atom stereocenters. The molecular formula is C19H23N5O2. The Morgan fingerprint density at radius 3 is 2.81 bits per heavy atom. The lowest BCUT2D eigenvalue weighted by Crippen LogP contribution is -2.45. The molecule has 0 N–H and O–H groups in total. The number of hydrogen-bond acceptors (Lipinski definition) is 6. The molecule has 7 heteroatoms. The first-order valence-electron chi connectivity index (χ1n) is 9.16. The summed E-state index contributed by atoms with van der Waals surface area (Å²) in [5, 5.41) is 0. The molecule has 7 nitrogen and oxygen atoms in total. The predicted molar refractivity (Wildman–Crippen MR) is 96.7 cm³/mol. The molecule has 2 aliphatic rings. The van der Waals surface area contributed by atoms with E-state index in [-0.39, 0.29) is 18.4 Å². The molecule has 2 aromatic rings. The van der Waals surface area contributed by atoms with Gasteiger partial charge >= 0.3 is 0 Å². The lowest BCUT2D eigenvalue weighted by molar-refractivity contribution is -0.139. The van der Waals surface area contributed by atoms with E-state index in [4.69, 9.17) is 9.72 Å². The Morgan fingerprint density at radius 1 is 1.12 bits per heavy atom. The Hall–Kier alpha value is -2.54. The minimum absolute atomic E-state index is 0.0344. The summed E-state index contributed by atoms with van der Waals surface area (Å²) < 4.78 is 5.63. The highest BCUT2D eigenvalue weighted by Gasteiger charge is 2.31. The molecular weight excluding hydrogens is 330 g/mol. The van der Waals surface area contributed by atoms with Crippen molar-refractivity contribution in [1.82, 2.24) is 19.9 Å². The SMILES string of the molecule is O=C(Cc1ccccn1)N1CCOCC1c1nccc(N2CCCC2)n1. The van der Waals surface area contributed by atoms with E-state index in [0.29, 0.717) is 25.6 Å². The largest absolute Gasteiger partial charge is 0.377 e. The molecule has 1 unspecified atom stereocenters. The van der Waals surface area contributed by atoms with Gasteiger partial charge in [0.1, 0.15) is 11.9 Å². The zero-order valence-electron chi connectivity index (χ0n) is 14.8. The number of carbonyl (C=O) groups is 1. The second-order valence-electron chi connectivity index (χ2n) is 6.64. The normalized spacial score (nSPS) is 20.4. The highest BCUT2D eigenvalue weighted by atomic mass is 16.5. The molecule has 1 amide bonds. The van der Waals surface area contributed by atoms with Crippen LogP contribution in [-0.4, -0.2) is 58.6 Å². The zero-order valence-corrected chi connectivity index (χ0v) is 14.8. The number of anilines is 1. The Labute approximate surface area is 153 Å². The average Bonchev–Trinajstić information content (AvgIpc) is 3.24. The van der Waals surface area contributed by atoms with Gasteiger partial charge in [0.25, 0.3) is 0 Å². The van der Waals surface area contributed by atoms with Gasteiger partial charge in [0.2, 0.25) is 5.91 Å². The van der Waals surface area contributed by atoms with E-state index in [1.807, 2.05) is 29.2 Å². The Morgan fingerprint density at radius 2 is 2.00 bits per heavy atom. The van der Waals surface area contributed by atoms with Gasteiger partial charge in [0.05, 0.1) is 19.6 Å². The lowest BCUT2D eigenvalue weighted by Gasteiger charge is -2.35. The second kappa shape index (κ2) is 7.78. The molecule has 0 saturated carbocycles. The topological polar surface area (TPSA) is 71.5 Å². The molecule has 4 rings (SSSR count). The molecule has 0 spiro atoms. The quantitative estimate of drug-likeness (QED) is 0.832. The van der Waals surface area contributed by atoms with Crippen LogP contribution in [0.1, 0.15) is 30.4 Å². The van der Waals surface area contributed by atoms with E-state index in [1.54, 1.807) is 12.4 Å². The third-order valence-electron chi connectivity index (χ3n) is 4.89. The number of nitrogens with zero attached hydrogens (tertiary/aromatic N) is 5. The summed E-state index contributed by atoms with van der Waals surface area (Å²) in [5.41, 5.74) is 0.773. The summed E-state index contributed by atoms with van der Waals surface area (Å²) >= 11 is 0. The molecule has 26 heavy (non-hydrogen) atoms. The highest BCUT2D eigenvalue weighted by Crippen LogP contribution is 2.25. The molecule has 2 saturated heterocycles. The molecule has 136 valence electrons. The first-order valence-corrected chi connectivity index (χ1v) is 9.16. The molecule has 2 fully saturated rings. The van der Waals surface area contributed by atoms with E-state index in [0.717, 1.165) is 24.6 Å². The first-order chi connectivity index (χ1) is 12.8. The number of carbonyl (C=O) groups excluding carboxylic acids is 1. The van der Waals surface area contributed by atoms with Crippen molar-refractivity contribution in [1.29, 1.82) is 0 Å². The van der Waals surface area contributed by atoms with Crippen LogP contribution in [0.25, 0.3) is 0 Å². The smallest absolute Gasteiger partial charge is 0.229 e. The van der Waals surface area contributed by atoms with Crippen LogP contribution in [0.3, 0.4) is 0 Å². The van der Waals surface area contributed by atoms with Gasteiger partial charge in [0, 0.05) is 37.7 Å². The summed E-state index contributed by atoms with van der Waals surface area (Å²) in [6, 6.07) is 7.32. The number of morpholine rings is 1. The van der Waals surface area contributed by atoms with Crippen LogP contribution >= 0.6 is 0 Å². The van der Waals surface area contributed by atoms with Gasteiger partial charge < -0.3 is 14.5 Å². The van der Waals surface area contributed by atoms with Crippen molar-refractivity contribution in [3.05, 3.63) is 48.2 Å². The van der Waals surface area contributed by atoms with E-state index in [9.17, 15) is 4.79 Å². The van der Waals surface area contributed by atoms with Gasteiger partial charge in [-0.15, -0.1) is 0 Å². The van der Waals surface area contributed by atoms with Gasteiger partial charge in [-0.3, -0.25) is 9.78 Å². The summed E-state index contributed by atoms with van der Waals surface area (Å²) in [6.45, 7) is 3.57. The van der Waals surface area contributed by atoms with Crippen LogP contribution < -0.4 is 4.90 Å². The zero-order chi connectivity index (χ0) is 17.8. The molecule has 0 radical (unpaired) electrons. The standard InChI is InChI=1S/C19H23N5O2/c25-18(13-15-5-1-2-7-20-15)24-11-12-26-14-16(24)19-21-8-6-17(22-19)23-9-3-4-10-23/h1-2,5-8,16H,3-4,9-14H2. The summed E-state index contributed by atoms with van der Waals surface area (Å²) in [5.74, 6) is 1.63. The molecule has 0 bridgehead atoms. The molecule has 0 aliphatic carbocycles. The van der Waals surface area contributed by atoms with Gasteiger partial charge in [-0.25, -0.2) is 9.97 Å². The number of rotatable bonds is 4. The Kier molecular flexibility index (Phi) is 5.06. The van der Waals surface area contributed by atoms with Crippen molar-refractivity contribution in [3.8, 4) is 0 Å². The maximum Gasteiger partial charge on any atom is 0.229 e. The van der Waals surface area contributed by atoms with Crippen LogP contribution in [-0.2, 0) is 16.0 Å².